The molecule has 0 aromatic rings. The fraction of sp³-hybridized carbons (Fsp3) is 0.444. The van der Waals surface area contributed by atoms with Gasteiger partial charge in [-0.1, -0.05) is 18.2 Å². The van der Waals surface area contributed by atoms with Gasteiger partial charge in [-0.15, -0.1) is 0 Å². The molecule has 0 saturated carbocycles. The average Bonchev–Trinajstić information content (AvgIpc) is 2.37. The maximum Gasteiger partial charge on any atom is 0.313 e. The molecule has 0 aliphatic heterocycles. The van der Waals surface area contributed by atoms with Crippen LogP contribution in [0.2, 0.25) is 0 Å². The van der Waals surface area contributed by atoms with Gasteiger partial charge in [-0.2, -0.15) is 0 Å². The second kappa shape index (κ2) is 2.53. The van der Waals surface area contributed by atoms with Crippen molar-refractivity contribution in [2.24, 2.45) is 5.41 Å². The average molecular weight is 152 g/mol. The Labute approximate surface area is 66.2 Å². The van der Waals surface area contributed by atoms with Crippen LogP contribution in [-0.4, -0.2) is 11.1 Å². The van der Waals surface area contributed by atoms with E-state index in [1.54, 1.807) is 13.8 Å². The van der Waals surface area contributed by atoms with Gasteiger partial charge in [0.05, 0.1) is 5.41 Å². The molecule has 0 aromatic carbocycles. The van der Waals surface area contributed by atoms with Crippen LogP contribution in [0, 0.1) is 5.41 Å². The Morgan fingerprint density at radius 2 is 2.27 bits per heavy atom. The van der Waals surface area contributed by atoms with Crippen molar-refractivity contribution in [2.75, 3.05) is 0 Å². The van der Waals surface area contributed by atoms with E-state index < -0.39 is 11.4 Å². The normalized spacial score (nSPS) is 16.7. The second-order valence-electron chi connectivity index (χ2n) is 3.23. The first-order chi connectivity index (χ1) is 5.05. The van der Waals surface area contributed by atoms with Crippen molar-refractivity contribution >= 4 is 5.97 Å². The number of hydrogen-bond donors (Lipinski definition) is 1. The highest BCUT2D eigenvalue weighted by molar-refractivity contribution is 5.78. The fourth-order valence-corrected chi connectivity index (χ4v) is 1.05. The lowest BCUT2D eigenvalue weighted by atomic mass is 9.85. The molecule has 0 fully saturated rings. The van der Waals surface area contributed by atoms with Crippen molar-refractivity contribution in [1.29, 1.82) is 0 Å². The summed E-state index contributed by atoms with van der Waals surface area (Å²) in [6.07, 6.45) is 6.67. The van der Waals surface area contributed by atoms with E-state index in [-0.39, 0.29) is 0 Å². The lowest BCUT2D eigenvalue weighted by Gasteiger charge is -2.18. The summed E-state index contributed by atoms with van der Waals surface area (Å²) in [4.78, 5) is 10.7. The topological polar surface area (TPSA) is 37.3 Å². The van der Waals surface area contributed by atoms with E-state index in [1.165, 1.54) is 0 Å². The van der Waals surface area contributed by atoms with Crippen LogP contribution in [-0.2, 0) is 4.79 Å². The van der Waals surface area contributed by atoms with Crippen molar-refractivity contribution in [2.45, 2.75) is 20.3 Å². The Kier molecular flexibility index (Phi) is 1.85. The molecule has 1 N–H and O–H groups in total. The third kappa shape index (κ3) is 1.34. The minimum absolute atomic E-state index is 0.729. The van der Waals surface area contributed by atoms with E-state index in [2.05, 4.69) is 0 Å². The van der Waals surface area contributed by atoms with Gasteiger partial charge in [0.15, 0.2) is 0 Å². The number of rotatable bonds is 2. The van der Waals surface area contributed by atoms with Gasteiger partial charge in [0.25, 0.3) is 0 Å². The first-order valence-corrected chi connectivity index (χ1v) is 3.65. The Hall–Kier alpha value is -1.05. The summed E-state index contributed by atoms with van der Waals surface area (Å²) >= 11 is 0. The molecule has 0 aromatic heterocycles. The van der Waals surface area contributed by atoms with Gasteiger partial charge in [0, 0.05) is 0 Å². The minimum Gasteiger partial charge on any atom is -0.481 e. The van der Waals surface area contributed by atoms with Crippen LogP contribution in [0.4, 0.5) is 0 Å². The molecule has 0 radical (unpaired) electrons. The molecule has 11 heavy (non-hydrogen) atoms. The summed E-state index contributed by atoms with van der Waals surface area (Å²) in [6, 6.07) is 0. The zero-order chi connectivity index (χ0) is 8.48. The van der Waals surface area contributed by atoms with Crippen LogP contribution >= 0.6 is 0 Å². The summed E-state index contributed by atoms with van der Waals surface area (Å²) in [5.41, 5.74) is 0.178. The number of carboxylic acids is 1. The zero-order valence-corrected chi connectivity index (χ0v) is 6.79. The molecule has 60 valence electrons. The lowest BCUT2D eigenvalue weighted by molar-refractivity contribution is -0.144. The van der Waals surface area contributed by atoms with E-state index in [0.29, 0.717) is 0 Å². The molecule has 0 bridgehead atoms. The fourth-order valence-electron chi connectivity index (χ4n) is 1.05. The number of hydrogen-bond acceptors (Lipinski definition) is 1. The molecular formula is C9H12O2. The molecule has 0 atom stereocenters. The molecule has 1 rings (SSSR count). The standard InChI is InChI=1S/C9H12O2/c1-9(2,8(10)11)7-5-3-4-6-7/h3,5-6H,4H2,1-2H3,(H,10,11). The molecule has 0 amide bonds. The molecule has 0 heterocycles. The molecule has 2 heteroatoms. The summed E-state index contributed by atoms with van der Waals surface area (Å²) < 4.78 is 0. The largest absolute Gasteiger partial charge is 0.481 e. The Bertz CT molecular complexity index is 234. The molecule has 1 aliphatic rings. The second-order valence-corrected chi connectivity index (χ2v) is 3.23. The van der Waals surface area contributed by atoms with Gasteiger partial charge in [0.2, 0.25) is 0 Å². The van der Waals surface area contributed by atoms with E-state index in [0.717, 1.165) is 12.0 Å². The van der Waals surface area contributed by atoms with E-state index in [9.17, 15) is 4.79 Å². The van der Waals surface area contributed by atoms with Crippen LogP contribution in [0.5, 0.6) is 0 Å². The van der Waals surface area contributed by atoms with Crippen LogP contribution < -0.4 is 0 Å². The van der Waals surface area contributed by atoms with Crippen molar-refractivity contribution in [3.05, 3.63) is 23.8 Å². The van der Waals surface area contributed by atoms with Crippen LogP contribution in [0.1, 0.15) is 20.3 Å². The smallest absolute Gasteiger partial charge is 0.313 e. The highest BCUT2D eigenvalue weighted by Gasteiger charge is 2.30. The van der Waals surface area contributed by atoms with Crippen molar-refractivity contribution in [3.8, 4) is 0 Å². The molecule has 1 aliphatic carbocycles. The number of allylic oxidation sites excluding steroid dienone is 3. The predicted molar refractivity (Wildman–Crippen MR) is 43.3 cm³/mol. The summed E-state index contributed by atoms with van der Waals surface area (Å²) in [5, 5.41) is 8.83. The zero-order valence-electron chi connectivity index (χ0n) is 6.79. The first-order valence-electron chi connectivity index (χ1n) is 3.65. The van der Waals surface area contributed by atoms with Crippen molar-refractivity contribution < 1.29 is 9.90 Å². The van der Waals surface area contributed by atoms with Gasteiger partial charge in [-0.3, -0.25) is 4.79 Å². The Morgan fingerprint density at radius 3 is 2.64 bits per heavy atom. The number of aliphatic carboxylic acids is 1. The highest BCUT2D eigenvalue weighted by Crippen LogP contribution is 2.30. The van der Waals surface area contributed by atoms with E-state index in [4.69, 9.17) is 5.11 Å². The van der Waals surface area contributed by atoms with Crippen molar-refractivity contribution in [3.63, 3.8) is 0 Å². The van der Waals surface area contributed by atoms with Gasteiger partial charge in [-0.25, -0.2) is 0 Å². The summed E-state index contributed by atoms with van der Waals surface area (Å²) in [7, 11) is 0. The maximum atomic E-state index is 10.7. The van der Waals surface area contributed by atoms with Crippen LogP contribution in [0.3, 0.4) is 0 Å². The summed E-state index contributed by atoms with van der Waals surface area (Å²) in [6.45, 7) is 3.44. The highest BCUT2D eigenvalue weighted by atomic mass is 16.4. The maximum absolute atomic E-state index is 10.7. The molecule has 0 spiro atoms. The lowest BCUT2D eigenvalue weighted by Crippen LogP contribution is -2.24. The van der Waals surface area contributed by atoms with E-state index in [1.807, 2.05) is 18.2 Å². The van der Waals surface area contributed by atoms with Crippen molar-refractivity contribution in [1.82, 2.24) is 0 Å². The third-order valence-electron chi connectivity index (χ3n) is 2.03. The molecular weight excluding hydrogens is 140 g/mol. The van der Waals surface area contributed by atoms with Gasteiger partial charge < -0.3 is 5.11 Å². The Balaban J connectivity index is 2.88. The SMILES string of the molecule is CC(C)(C(=O)O)C1=CCC=C1. The van der Waals surface area contributed by atoms with Crippen LogP contribution in [0.15, 0.2) is 23.8 Å². The number of carbonyl (C=O) groups is 1. The number of carboxylic acid groups (broad SMARTS) is 1. The molecule has 0 unspecified atom stereocenters. The van der Waals surface area contributed by atoms with Crippen LogP contribution in [0.25, 0.3) is 0 Å². The predicted octanol–water partition coefficient (Wildman–Crippen LogP) is 1.98. The van der Waals surface area contributed by atoms with E-state index >= 15 is 0 Å². The summed E-state index contributed by atoms with van der Waals surface area (Å²) in [5.74, 6) is -0.768. The molecule has 2 nitrogen and oxygen atoms in total. The molecule has 0 saturated heterocycles. The van der Waals surface area contributed by atoms with Gasteiger partial charge >= 0.3 is 5.97 Å². The monoisotopic (exact) mass is 152 g/mol. The quantitative estimate of drug-likeness (QED) is 0.657. The third-order valence-corrected chi connectivity index (χ3v) is 2.03. The first kappa shape index (κ1) is 8.05. The van der Waals surface area contributed by atoms with Gasteiger partial charge in [-0.05, 0) is 25.8 Å². The minimum atomic E-state index is -0.768. The van der Waals surface area contributed by atoms with Gasteiger partial charge in [0.1, 0.15) is 0 Å². The Morgan fingerprint density at radius 1 is 1.64 bits per heavy atom.